The molecule has 1 N–H and O–H groups in total. The molecule has 3 aromatic rings. The van der Waals surface area contributed by atoms with Crippen molar-refractivity contribution < 1.29 is 27.2 Å². The monoisotopic (exact) mass is 495 g/mol. The van der Waals surface area contributed by atoms with Gasteiger partial charge in [-0.05, 0) is 55.5 Å². The second-order valence-electron chi connectivity index (χ2n) is 9.27. The molecule has 9 nitrogen and oxygen atoms in total. The molecule has 0 atom stereocenters. The van der Waals surface area contributed by atoms with Crippen LogP contribution in [0.15, 0.2) is 45.8 Å². The number of hydrogen-bond acceptors (Lipinski definition) is 7. The highest BCUT2D eigenvalue weighted by Gasteiger charge is 2.51. The van der Waals surface area contributed by atoms with Crippen LogP contribution in [0.1, 0.15) is 36.8 Å². The van der Waals surface area contributed by atoms with Gasteiger partial charge in [0.1, 0.15) is 11.5 Å². The van der Waals surface area contributed by atoms with Crippen molar-refractivity contribution in [3.05, 3.63) is 47.5 Å². The number of fused-ring (bicyclic) bond motifs is 4. The second-order valence-corrected chi connectivity index (χ2v) is 10.9. The van der Waals surface area contributed by atoms with Gasteiger partial charge in [0.15, 0.2) is 16.5 Å². The number of methoxy groups -OCH3 is 2. The normalized spacial score (nSPS) is 17.8. The molecule has 10 heteroatoms. The first-order valence-corrected chi connectivity index (χ1v) is 13.0. The average molecular weight is 496 g/mol. The molecule has 182 valence electrons. The summed E-state index contributed by atoms with van der Waals surface area (Å²) < 4.78 is 45.8. The Hall–Kier alpha value is -3.53. The van der Waals surface area contributed by atoms with Gasteiger partial charge in [-0.1, -0.05) is 17.3 Å². The zero-order valence-corrected chi connectivity index (χ0v) is 20.3. The Bertz CT molecular complexity index is 1440. The van der Waals surface area contributed by atoms with Crippen LogP contribution in [0.2, 0.25) is 0 Å². The molecular weight excluding hydrogens is 470 g/mol. The van der Waals surface area contributed by atoms with Crippen molar-refractivity contribution in [1.29, 1.82) is 0 Å². The zero-order valence-electron chi connectivity index (χ0n) is 19.5. The first-order chi connectivity index (χ1) is 16.9. The molecule has 2 fully saturated rings. The Balaban J connectivity index is 1.42. The van der Waals surface area contributed by atoms with Crippen molar-refractivity contribution in [1.82, 2.24) is 5.16 Å². The molecule has 1 aromatic heterocycles. The third-order valence-corrected chi connectivity index (χ3v) is 8.65. The predicted molar refractivity (Wildman–Crippen MR) is 128 cm³/mol. The maximum Gasteiger partial charge on any atom is 0.270 e. The summed E-state index contributed by atoms with van der Waals surface area (Å²) in [5.41, 5.74) is 3.51. The van der Waals surface area contributed by atoms with Gasteiger partial charge in [0.25, 0.3) is 10.0 Å². The number of hydrogen-bond donors (Lipinski definition) is 1. The second kappa shape index (κ2) is 7.74. The van der Waals surface area contributed by atoms with E-state index >= 15 is 0 Å². The summed E-state index contributed by atoms with van der Waals surface area (Å²) in [4.78, 5) is 14.0. The molecule has 2 heterocycles. The van der Waals surface area contributed by atoms with Gasteiger partial charge >= 0.3 is 0 Å². The van der Waals surface area contributed by atoms with Gasteiger partial charge in [-0.3, -0.25) is 9.52 Å². The lowest BCUT2D eigenvalue weighted by molar-refractivity contribution is -0.117. The van der Waals surface area contributed by atoms with E-state index in [9.17, 15) is 13.2 Å². The van der Waals surface area contributed by atoms with Crippen LogP contribution in [-0.4, -0.2) is 40.2 Å². The Labute approximate surface area is 203 Å². The molecule has 2 aliphatic carbocycles. The molecule has 1 amide bonds. The third-order valence-electron chi connectivity index (χ3n) is 7.24. The van der Waals surface area contributed by atoms with Gasteiger partial charge in [-0.2, -0.15) is 0 Å². The topological polar surface area (TPSA) is 111 Å². The first kappa shape index (κ1) is 22.0. The van der Waals surface area contributed by atoms with E-state index in [1.54, 1.807) is 23.1 Å². The van der Waals surface area contributed by atoms with E-state index in [-0.39, 0.29) is 33.5 Å². The minimum atomic E-state index is -4.10. The molecule has 1 aliphatic heterocycles. The Kier molecular flexibility index (Phi) is 4.86. The molecule has 2 aromatic carbocycles. The number of benzene rings is 2. The highest BCUT2D eigenvalue weighted by Crippen LogP contribution is 2.59. The number of aromatic nitrogens is 1. The number of rotatable bonds is 6. The van der Waals surface area contributed by atoms with Gasteiger partial charge in [-0.15, -0.1) is 0 Å². The van der Waals surface area contributed by atoms with Crippen LogP contribution in [0.25, 0.3) is 11.3 Å². The van der Waals surface area contributed by atoms with Crippen molar-refractivity contribution in [2.24, 2.45) is 0 Å². The fourth-order valence-electron chi connectivity index (χ4n) is 5.33. The van der Waals surface area contributed by atoms with Crippen LogP contribution in [0.4, 0.5) is 11.5 Å². The molecule has 6 rings (SSSR count). The molecule has 1 spiro atoms. The van der Waals surface area contributed by atoms with Crippen LogP contribution in [0.3, 0.4) is 0 Å². The third kappa shape index (κ3) is 3.38. The van der Waals surface area contributed by atoms with E-state index in [0.717, 1.165) is 41.6 Å². The van der Waals surface area contributed by atoms with E-state index in [0.29, 0.717) is 25.1 Å². The van der Waals surface area contributed by atoms with Crippen LogP contribution in [0, 0.1) is 0 Å². The molecule has 3 aliphatic rings. The van der Waals surface area contributed by atoms with Crippen LogP contribution in [-0.2, 0) is 26.7 Å². The molecule has 0 radical (unpaired) electrons. The van der Waals surface area contributed by atoms with Crippen LogP contribution in [0.5, 0.6) is 11.5 Å². The number of carbonyl (C=O) groups excluding carboxylic acids is 1. The van der Waals surface area contributed by atoms with Crippen molar-refractivity contribution in [3.8, 4) is 22.8 Å². The van der Waals surface area contributed by atoms with E-state index < -0.39 is 10.0 Å². The Morgan fingerprint density at radius 3 is 2.49 bits per heavy atom. The largest absolute Gasteiger partial charge is 0.495 e. The number of ether oxygens (including phenoxy) is 2. The van der Waals surface area contributed by atoms with Gasteiger partial charge in [0.05, 0.1) is 14.2 Å². The highest BCUT2D eigenvalue weighted by atomic mass is 32.2. The smallest absolute Gasteiger partial charge is 0.270 e. The van der Waals surface area contributed by atoms with Gasteiger partial charge < -0.3 is 18.9 Å². The van der Waals surface area contributed by atoms with Crippen molar-refractivity contribution >= 4 is 27.4 Å². The van der Waals surface area contributed by atoms with Gasteiger partial charge in [0.2, 0.25) is 5.91 Å². The summed E-state index contributed by atoms with van der Waals surface area (Å²) in [7, 11) is -1.29. The maximum absolute atomic E-state index is 13.4. The molecule has 0 bridgehead atoms. The van der Waals surface area contributed by atoms with Crippen molar-refractivity contribution in [2.75, 3.05) is 30.4 Å². The van der Waals surface area contributed by atoms with Crippen LogP contribution < -0.4 is 19.1 Å². The van der Waals surface area contributed by atoms with E-state index in [1.807, 2.05) is 12.1 Å². The minimum Gasteiger partial charge on any atom is -0.495 e. The molecule has 1 saturated heterocycles. The molecule has 0 unspecified atom stereocenters. The van der Waals surface area contributed by atoms with E-state index in [1.165, 1.54) is 14.2 Å². The summed E-state index contributed by atoms with van der Waals surface area (Å²) in [5.74, 6) is 1.14. The Morgan fingerprint density at radius 1 is 1.11 bits per heavy atom. The number of carbonyl (C=O) groups is 1. The van der Waals surface area contributed by atoms with Crippen LogP contribution >= 0.6 is 0 Å². The fourth-order valence-corrected chi connectivity index (χ4v) is 6.68. The summed E-state index contributed by atoms with van der Waals surface area (Å²) in [6, 6.07) is 10.8. The summed E-state index contributed by atoms with van der Waals surface area (Å²) in [5, 5.41) is 4.13. The number of anilines is 2. The number of nitrogens with one attached hydrogen (secondary N) is 1. The molecular formula is C25H25N3O6S. The average Bonchev–Trinajstić information content (AvgIpc) is 3.32. The summed E-state index contributed by atoms with van der Waals surface area (Å²) in [6.45, 7) is 0.692. The fraction of sp³-hybridized carbons (Fsp3) is 0.360. The van der Waals surface area contributed by atoms with Crippen molar-refractivity contribution in [3.63, 3.8) is 0 Å². The number of amides is 1. The summed E-state index contributed by atoms with van der Waals surface area (Å²) >= 11 is 0. The molecule has 1 saturated carbocycles. The quantitative estimate of drug-likeness (QED) is 0.553. The van der Waals surface area contributed by atoms with E-state index in [4.69, 9.17) is 14.0 Å². The minimum absolute atomic E-state index is 0.0657. The number of nitrogens with zero attached hydrogens (tertiary/aromatic N) is 2. The first-order valence-electron chi connectivity index (χ1n) is 11.5. The zero-order chi connectivity index (χ0) is 24.4. The highest BCUT2D eigenvalue weighted by molar-refractivity contribution is 7.93. The number of sulfonamides is 1. The lowest BCUT2D eigenvalue weighted by Crippen LogP contribution is -2.25. The van der Waals surface area contributed by atoms with E-state index in [2.05, 4.69) is 15.9 Å². The van der Waals surface area contributed by atoms with Gasteiger partial charge in [0, 0.05) is 35.2 Å². The summed E-state index contributed by atoms with van der Waals surface area (Å²) in [6.07, 6.45) is 4.01. The predicted octanol–water partition coefficient (Wildman–Crippen LogP) is 3.87. The maximum atomic E-state index is 13.4. The lowest BCUT2D eigenvalue weighted by atomic mass is 9.79. The van der Waals surface area contributed by atoms with Gasteiger partial charge in [-0.25, -0.2) is 8.42 Å². The van der Waals surface area contributed by atoms with Crippen molar-refractivity contribution in [2.45, 2.75) is 42.4 Å². The molecule has 35 heavy (non-hydrogen) atoms. The standard InChI is InChI=1S/C25H25N3O6S/c1-32-19-5-3-6-20(33-2)23(19)35(30,31)27-24-17-14-25(10-11-25)18-9-8-15(28-12-4-7-21(28)29)13-16(18)22(17)34-26-24/h3,5-6,8-9,13H,4,7,10-12,14H2,1-2H3,(H,26,27). The lowest BCUT2D eigenvalue weighted by Gasteiger charge is -2.26. The Morgan fingerprint density at radius 2 is 1.86 bits per heavy atom. The SMILES string of the molecule is COc1cccc(OC)c1S(=O)(=O)Nc1noc2c1CC1(CC1)c1ccc(N3CCCC3=O)cc1-2.